The average Bonchev–Trinajstić information content (AvgIpc) is 2.96. The largest absolute Gasteiger partial charge is 0.416 e. The molecule has 2 nitrogen and oxygen atoms in total. The van der Waals surface area contributed by atoms with Crippen LogP contribution in [0.5, 0.6) is 0 Å². The molecule has 0 saturated heterocycles. The summed E-state index contributed by atoms with van der Waals surface area (Å²) in [6, 6.07) is 18.8. The van der Waals surface area contributed by atoms with Crippen molar-refractivity contribution in [1.29, 1.82) is 0 Å². The van der Waals surface area contributed by atoms with Crippen LogP contribution < -0.4 is 0 Å². The number of nitrogens with zero attached hydrogens (tertiary/aromatic N) is 2. The molecule has 0 fully saturated rings. The zero-order chi connectivity index (χ0) is 29.3. The van der Waals surface area contributed by atoms with Gasteiger partial charge in [-0.25, -0.2) is 0 Å². The molecule has 0 atom stereocenters. The summed E-state index contributed by atoms with van der Waals surface area (Å²) in [4.78, 5) is 6.34. The maximum atomic E-state index is 12.0. The van der Waals surface area contributed by atoms with E-state index in [1.165, 1.54) is 12.1 Å². The number of aromatic nitrogens is 1. The molecule has 1 aromatic heterocycles. The first-order valence-corrected chi connectivity index (χ1v) is 13.0. The number of hydrogen-bond donors (Lipinski definition) is 0. The van der Waals surface area contributed by atoms with Crippen molar-refractivity contribution in [2.24, 2.45) is 0 Å². The van der Waals surface area contributed by atoms with E-state index in [0.717, 1.165) is 52.2 Å². The fraction of sp³-hybridized carbons (Fsp3) is 0.281. The van der Waals surface area contributed by atoms with Gasteiger partial charge in [0.05, 0.1) is 11.3 Å². The third kappa shape index (κ3) is 11.0. The number of allylic oxidation sites excluding steroid dienone is 2. The third-order valence-corrected chi connectivity index (χ3v) is 5.49. The molecule has 0 aliphatic carbocycles. The molecule has 0 amide bonds. The molecule has 6 heteroatoms. The van der Waals surface area contributed by atoms with Crippen LogP contribution >= 0.6 is 11.6 Å². The summed E-state index contributed by atoms with van der Waals surface area (Å²) in [5.41, 5.74) is 5.25. The first-order valence-electron chi connectivity index (χ1n) is 12.7. The van der Waals surface area contributed by atoms with Crippen LogP contribution in [0, 0.1) is 0 Å². The van der Waals surface area contributed by atoms with E-state index in [-0.39, 0.29) is 0 Å². The molecule has 0 bridgehead atoms. The van der Waals surface area contributed by atoms with Crippen LogP contribution in [0.3, 0.4) is 0 Å². The smallest absolute Gasteiger partial charge is 0.352 e. The van der Waals surface area contributed by atoms with Crippen molar-refractivity contribution in [2.75, 3.05) is 7.05 Å². The Morgan fingerprint density at radius 3 is 1.92 bits per heavy atom. The molecule has 1 heterocycles. The second-order valence-electron chi connectivity index (χ2n) is 7.51. The number of alkyl halides is 3. The van der Waals surface area contributed by atoms with Crippen LogP contribution in [0.4, 0.5) is 13.2 Å². The SMILES string of the molecule is C=CN(C)C(=C)/C(=C(\C)c1ccccn1)c1ccc(Cl)cc1.CC.CC.CCc1ccc(C(F)(F)F)cc1. The Labute approximate surface area is 232 Å². The van der Waals surface area contributed by atoms with Crippen LogP contribution in [-0.2, 0) is 12.6 Å². The van der Waals surface area contributed by atoms with Crippen molar-refractivity contribution in [3.63, 3.8) is 0 Å². The van der Waals surface area contributed by atoms with Crippen molar-refractivity contribution in [3.05, 3.63) is 125 Å². The quantitative estimate of drug-likeness (QED) is 0.287. The normalized spacial score (nSPS) is 10.7. The molecule has 0 saturated carbocycles. The Balaban J connectivity index is 0.000000723. The number of likely N-dealkylation sites (N-methyl/N-ethyl adjacent to an activating group) is 1. The zero-order valence-electron chi connectivity index (χ0n) is 23.5. The minimum Gasteiger partial charge on any atom is -0.352 e. The second kappa shape index (κ2) is 18.0. The summed E-state index contributed by atoms with van der Waals surface area (Å²) in [6.45, 7) is 20.0. The Morgan fingerprint density at radius 2 is 1.50 bits per heavy atom. The van der Waals surface area contributed by atoms with Crippen LogP contribution in [-0.4, -0.2) is 16.9 Å². The molecule has 0 aliphatic heterocycles. The topological polar surface area (TPSA) is 16.1 Å². The van der Waals surface area contributed by atoms with Crippen molar-refractivity contribution >= 4 is 22.7 Å². The summed E-state index contributed by atoms with van der Waals surface area (Å²) in [6.07, 6.45) is 0.0760. The maximum Gasteiger partial charge on any atom is 0.416 e. The molecule has 2 aromatic carbocycles. The summed E-state index contributed by atoms with van der Waals surface area (Å²) in [5.74, 6) is 0. The predicted molar refractivity (Wildman–Crippen MR) is 159 cm³/mol. The van der Waals surface area contributed by atoms with E-state index in [1.807, 2.05) is 96.0 Å². The highest BCUT2D eigenvalue weighted by Gasteiger charge is 2.29. The van der Waals surface area contributed by atoms with E-state index in [0.29, 0.717) is 5.02 Å². The molecule has 3 rings (SSSR count). The van der Waals surface area contributed by atoms with E-state index in [9.17, 15) is 13.2 Å². The van der Waals surface area contributed by atoms with Gasteiger partial charge in [0.2, 0.25) is 0 Å². The van der Waals surface area contributed by atoms with Gasteiger partial charge in [-0.05, 0) is 72.6 Å². The summed E-state index contributed by atoms with van der Waals surface area (Å²) in [7, 11) is 1.93. The van der Waals surface area contributed by atoms with Gasteiger partial charge in [0, 0.05) is 29.5 Å². The van der Waals surface area contributed by atoms with Crippen molar-refractivity contribution in [1.82, 2.24) is 9.88 Å². The molecule has 0 radical (unpaired) electrons. The average molecular weight is 545 g/mol. The highest BCUT2D eigenvalue weighted by molar-refractivity contribution is 6.30. The van der Waals surface area contributed by atoms with Gasteiger partial charge >= 0.3 is 6.18 Å². The molecule has 0 N–H and O–H groups in total. The molecule has 0 aliphatic rings. The number of aryl methyl sites for hydroxylation is 1. The van der Waals surface area contributed by atoms with E-state index in [1.54, 1.807) is 12.4 Å². The van der Waals surface area contributed by atoms with E-state index in [4.69, 9.17) is 11.6 Å². The van der Waals surface area contributed by atoms with Crippen LogP contribution in [0.25, 0.3) is 11.1 Å². The number of halogens is 4. The number of benzene rings is 2. The summed E-state index contributed by atoms with van der Waals surface area (Å²) >= 11 is 6.00. The Kier molecular flexibility index (Phi) is 16.5. The van der Waals surface area contributed by atoms with Gasteiger partial charge in [-0.2, -0.15) is 13.2 Å². The highest BCUT2D eigenvalue weighted by atomic mass is 35.5. The highest BCUT2D eigenvalue weighted by Crippen LogP contribution is 2.32. The minimum atomic E-state index is -4.22. The Hall–Kier alpha value is -3.31. The fourth-order valence-electron chi connectivity index (χ4n) is 3.14. The van der Waals surface area contributed by atoms with E-state index >= 15 is 0 Å². The zero-order valence-corrected chi connectivity index (χ0v) is 24.3. The van der Waals surface area contributed by atoms with Crippen molar-refractivity contribution in [2.45, 2.75) is 54.1 Å². The van der Waals surface area contributed by atoms with Crippen molar-refractivity contribution in [3.8, 4) is 0 Å². The lowest BCUT2D eigenvalue weighted by atomic mass is 9.95. The lowest BCUT2D eigenvalue weighted by Gasteiger charge is -2.22. The predicted octanol–water partition coefficient (Wildman–Crippen LogP) is 10.6. The third-order valence-electron chi connectivity index (χ3n) is 5.23. The lowest BCUT2D eigenvalue weighted by molar-refractivity contribution is -0.137. The van der Waals surface area contributed by atoms with Crippen molar-refractivity contribution < 1.29 is 13.2 Å². The summed E-state index contributed by atoms with van der Waals surface area (Å²) in [5, 5.41) is 0.710. The van der Waals surface area contributed by atoms with Gasteiger partial charge in [0.1, 0.15) is 0 Å². The molecule has 206 valence electrons. The van der Waals surface area contributed by atoms with Crippen LogP contribution in [0.15, 0.2) is 98.0 Å². The Morgan fingerprint density at radius 1 is 0.947 bits per heavy atom. The number of rotatable bonds is 6. The first-order chi connectivity index (χ1) is 18.1. The van der Waals surface area contributed by atoms with Crippen LogP contribution in [0.2, 0.25) is 5.02 Å². The Bertz CT molecular complexity index is 1120. The molecular weight excluding hydrogens is 505 g/mol. The monoisotopic (exact) mass is 544 g/mol. The molecule has 38 heavy (non-hydrogen) atoms. The molecule has 3 aromatic rings. The second-order valence-corrected chi connectivity index (χ2v) is 7.95. The minimum absolute atomic E-state index is 0.584. The molecule has 0 unspecified atom stereocenters. The standard InChI is InChI=1S/C19H19ClN2.C9H9F3.2C2H6/c1-5-22(4)15(3)19(16-9-11-17(20)12-10-16)14(2)18-8-6-7-13-21-18;1-2-7-3-5-8(6-4-7)9(10,11)12;2*1-2/h5-13H,1,3H2,2,4H3;3-6H,2H2,1H3;2*1-2H3/b19-14-;;;. The van der Waals surface area contributed by atoms with Gasteiger partial charge in [0.25, 0.3) is 0 Å². The number of pyridine rings is 1. The van der Waals surface area contributed by atoms with Gasteiger partial charge < -0.3 is 4.90 Å². The van der Waals surface area contributed by atoms with Gasteiger partial charge in [-0.15, -0.1) is 0 Å². The van der Waals surface area contributed by atoms with Gasteiger partial charge in [0.15, 0.2) is 0 Å². The summed E-state index contributed by atoms with van der Waals surface area (Å²) < 4.78 is 36.1. The van der Waals surface area contributed by atoms with E-state index < -0.39 is 11.7 Å². The molecular formula is C32H40ClF3N2. The number of hydrogen-bond acceptors (Lipinski definition) is 2. The first kappa shape index (κ1) is 34.7. The molecule has 0 spiro atoms. The lowest BCUT2D eigenvalue weighted by Crippen LogP contribution is -2.11. The van der Waals surface area contributed by atoms with Crippen LogP contribution in [0.1, 0.15) is 63.9 Å². The van der Waals surface area contributed by atoms with E-state index in [2.05, 4.69) is 18.1 Å². The fourth-order valence-corrected chi connectivity index (χ4v) is 3.27. The maximum absolute atomic E-state index is 12.0. The van der Waals surface area contributed by atoms with Gasteiger partial charge in [-0.3, -0.25) is 4.98 Å². The van der Waals surface area contributed by atoms with Gasteiger partial charge in [-0.1, -0.05) is 89.7 Å².